The summed E-state index contributed by atoms with van der Waals surface area (Å²) in [6, 6.07) is 1.64. The minimum Gasteiger partial charge on any atom is -0.492 e. The van der Waals surface area contributed by atoms with Crippen LogP contribution in [0.2, 0.25) is 5.02 Å². The van der Waals surface area contributed by atoms with Gasteiger partial charge in [-0.1, -0.05) is 11.6 Å². The van der Waals surface area contributed by atoms with Gasteiger partial charge < -0.3 is 19.5 Å². The van der Waals surface area contributed by atoms with Gasteiger partial charge in [0.1, 0.15) is 0 Å². The van der Waals surface area contributed by atoms with Crippen LogP contribution in [0.5, 0.6) is 11.5 Å². The Hall–Kier alpha value is -1.46. The molecule has 1 fully saturated rings. The van der Waals surface area contributed by atoms with Gasteiger partial charge >= 0.3 is 6.09 Å². The van der Waals surface area contributed by atoms with Crippen molar-refractivity contribution in [1.82, 2.24) is 4.90 Å². The molecule has 0 bridgehead atoms. The average molecular weight is 328 g/mol. The van der Waals surface area contributed by atoms with Crippen LogP contribution in [0, 0.1) is 6.92 Å². The van der Waals surface area contributed by atoms with Gasteiger partial charge in [-0.15, -0.1) is 0 Å². The number of rotatable bonds is 3. The van der Waals surface area contributed by atoms with Crippen molar-refractivity contribution in [2.75, 3.05) is 20.2 Å². The first kappa shape index (κ1) is 16.9. The van der Waals surface area contributed by atoms with Crippen molar-refractivity contribution in [3.8, 4) is 11.5 Å². The minimum atomic E-state index is -0.777. The maximum Gasteiger partial charge on any atom is 0.415 e. The number of nitrogens with zero attached hydrogens (tertiary/aromatic N) is 1. The average Bonchev–Trinajstić information content (AvgIpc) is 2.52. The molecule has 6 heteroatoms. The zero-order valence-corrected chi connectivity index (χ0v) is 13.9. The molecule has 0 aromatic heterocycles. The largest absolute Gasteiger partial charge is 0.492 e. The number of carbonyl (C=O) groups excluding carboxylic acids is 1. The van der Waals surface area contributed by atoms with Gasteiger partial charge in [0.15, 0.2) is 11.5 Å². The molecular formula is C16H22ClNO4. The number of likely N-dealkylation sites (tertiary alicyclic amines) is 1. The van der Waals surface area contributed by atoms with Gasteiger partial charge in [0.2, 0.25) is 0 Å². The maximum atomic E-state index is 12.3. The van der Waals surface area contributed by atoms with Gasteiger partial charge in [-0.2, -0.15) is 0 Å². The standard InChI is InChI=1S/C16H22ClNO4/c1-10-13(17)9-12(11(2)19)15(21-3)14(10)22-16(20)18-7-5-4-6-8-18/h9,11,19H,4-8H2,1-3H3. The molecule has 122 valence electrons. The van der Waals surface area contributed by atoms with E-state index in [0.29, 0.717) is 35.0 Å². The second-order valence-corrected chi connectivity index (χ2v) is 5.93. The molecule has 5 nitrogen and oxygen atoms in total. The quantitative estimate of drug-likeness (QED) is 0.919. The molecule has 1 amide bonds. The van der Waals surface area contributed by atoms with E-state index in [1.807, 2.05) is 0 Å². The van der Waals surface area contributed by atoms with Crippen molar-refractivity contribution < 1.29 is 19.4 Å². The molecule has 1 aliphatic heterocycles. The lowest BCUT2D eigenvalue weighted by Crippen LogP contribution is -2.37. The van der Waals surface area contributed by atoms with E-state index in [1.54, 1.807) is 24.8 Å². The Labute approximate surface area is 135 Å². The Balaban J connectivity index is 2.34. The maximum absolute atomic E-state index is 12.3. The zero-order chi connectivity index (χ0) is 16.3. The molecular weight excluding hydrogens is 306 g/mol. The van der Waals surface area contributed by atoms with Crippen molar-refractivity contribution in [2.24, 2.45) is 0 Å². The first-order valence-electron chi connectivity index (χ1n) is 7.47. The first-order valence-corrected chi connectivity index (χ1v) is 7.85. The number of aliphatic hydroxyl groups is 1. The van der Waals surface area contributed by atoms with E-state index in [2.05, 4.69) is 0 Å². The lowest BCUT2D eigenvalue weighted by Gasteiger charge is -2.27. The Bertz CT molecular complexity index is 554. The Morgan fingerprint density at radius 2 is 1.95 bits per heavy atom. The highest BCUT2D eigenvalue weighted by Crippen LogP contribution is 2.41. The van der Waals surface area contributed by atoms with Gasteiger partial charge in [-0.3, -0.25) is 0 Å². The van der Waals surface area contributed by atoms with Crippen molar-refractivity contribution in [3.05, 3.63) is 22.2 Å². The van der Waals surface area contributed by atoms with E-state index in [-0.39, 0.29) is 5.75 Å². The zero-order valence-electron chi connectivity index (χ0n) is 13.2. The highest BCUT2D eigenvalue weighted by Gasteiger charge is 2.25. The summed E-state index contributed by atoms with van der Waals surface area (Å²) in [7, 11) is 1.48. The lowest BCUT2D eigenvalue weighted by atomic mass is 10.1. The molecule has 1 atom stereocenters. The minimum absolute atomic E-state index is 0.279. The smallest absolute Gasteiger partial charge is 0.415 e. The predicted octanol–water partition coefficient (Wildman–Crippen LogP) is 3.70. The predicted molar refractivity (Wildman–Crippen MR) is 84.8 cm³/mol. The number of amides is 1. The monoisotopic (exact) mass is 327 g/mol. The van der Waals surface area contributed by atoms with Crippen LogP contribution in [0.15, 0.2) is 6.07 Å². The highest BCUT2D eigenvalue weighted by atomic mass is 35.5. The fraction of sp³-hybridized carbons (Fsp3) is 0.562. The summed E-state index contributed by atoms with van der Waals surface area (Å²) in [6.07, 6.45) is 1.93. The van der Waals surface area contributed by atoms with E-state index in [0.717, 1.165) is 19.3 Å². The second-order valence-electron chi connectivity index (χ2n) is 5.53. The fourth-order valence-electron chi connectivity index (χ4n) is 2.59. The summed E-state index contributed by atoms with van der Waals surface area (Å²) in [4.78, 5) is 14.0. The van der Waals surface area contributed by atoms with Crippen LogP contribution >= 0.6 is 11.6 Å². The van der Waals surface area contributed by atoms with Crippen LogP contribution in [-0.4, -0.2) is 36.3 Å². The molecule has 1 N–H and O–H groups in total. The van der Waals surface area contributed by atoms with Gasteiger partial charge in [-0.25, -0.2) is 4.79 Å². The number of aliphatic hydroxyl groups excluding tert-OH is 1. The molecule has 0 saturated carbocycles. The number of carbonyl (C=O) groups is 1. The number of hydrogen-bond acceptors (Lipinski definition) is 4. The molecule has 1 saturated heterocycles. The third-order valence-electron chi connectivity index (χ3n) is 3.91. The number of benzene rings is 1. The molecule has 0 radical (unpaired) electrons. The van der Waals surface area contributed by atoms with E-state index in [9.17, 15) is 9.90 Å². The van der Waals surface area contributed by atoms with Crippen LogP contribution in [-0.2, 0) is 0 Å². The molecule has 1 aromatic carbocycles. The molecule has 1 aromatic rings. The summed E-state index contributed by atoms with van der Waals surface area (Å²) in [5, 5.41) is 10.3. The van der Waals surface area contributed by atoms with Crippen molar-refractivity contribution >= 4 is 17.7 Å². The number of methoxy groups -OCH3 is 1. The number of hydrogen-bond donors (Lipinski definition) is 1. The van der Waals surface area contributed by atoms with Gasteiger partial charge in [-0.05, 0) is 39.2 Å². The number of ether oxygens (including phenoxy) is 2. The topological polar surface area (TPSA) is 59.0 Å². The van der Waals surface area contributed by atoms with Crippen LogP contribution in [0.3, 0.4) is 0 Å². The van der Waals surface area contributed by atoms with Crippen LogP contribution in [0.4, 0.5) is 4.79 Å². The summed E-state index contributed by atoms with van der Waals surface area (Å²) >= 11 is 6.19. The molecule has 1 unspecified atom stereocenters. The molecule has 1 heterocycles. The lowest BCUT2D eigenvalue weighted by molar-refractivity contribution is 0.140. The molecule has 1 aliphatic rings. The normalized spacial score (nSPS) is 16.3. The van der Waals surface area contributed by atoms with E-state index >= 15 is 0 Å². The van der Waals surface area contributed by atoms with Crippen molar-refractivity contribution in [2.45, 2.75) is 39.2 Å². The SMILES string of the molecule is COc1c(C(C)O)cc(Cl)c(C)c1OC(=O)N1CCCCC1. The van der Waals surface area contributed by atoms with Crippen molar-refractivity contribution in [1.29, 1.82) is 0 Å². The molecule has 0 aliphatic carbocycles. The summed E-state index contributed by atoms with van der Waals surface area (Å²) < 4.78 is 10.9. The van der Waals surface area contributed by atoms with Crippen LogP contribution < -0.4 is 9.47 Å². The molecule has 0 spiro atoms. The fourth-order valence-corrected chi connectivity index (χ4v) is 2.80. The number of piperidine rings is 1. The summed E-state index contributed by atoms with van der Waals surface area (Å²) in [5.41, 5.74) is 1.12. The third kappa shape index (κ3) is 3.47. The summed E-state index contributed by atoms with van der Waals surface area (Å²) in [6.45, 7) is 4.77. The highest BCUT2D eigenvalue weighted by molar-refractivity contribution is 6.31. The molecule has 2 rings (SSSR count). The van der Waals surface area contributed by atoms with Crippen LogP contribution in [0.1, 0.15) is 43.4 Å². The van der Waals surface area contributed by atoms with E-state index < -0.39 is 12.2 Å². The Morgan fingerprint density at radius 1 is 1.32 bits per heavy atom. The third-order valence-corrected chi connectivity index (χ3v) is 4.30. The van der Waals surface area contributed by atoms with E-state index in [1.165, 1.54) is 7.11 Å². The Morgan fingerprint density at radius 3 is 2.50 bits per heavy atom. The van der Waals surface area contributed by atoms with Gasteiger partial charge in [0, 0.05) is 29.2 Å². The van der Waals surface area contributed by atoms with Crippen molar-refractivity contribution in [3.63, 3.8) is 0 Å². The molecule has 22 heavy (non-hydrogen) atoms. The number of halogens is 1. The second kappa shape index (κ2) is 7.20. The van der Waals surface area contributed by atoms with Gasteiger partial charge in [0.05, 0.1) is 13.2 Å². The van der Waals surface area contributed by atoms with Gasteiger partial charge in [0.25, 0.3) is 0 Å². The first-order chi connectivity index (χ1) is 10.5. The van der Waals surface area contributed by atoms with Crippen LogP contribution in [0.25, 0.3) is 0 Å². The van der Waals surface area contributed by atoms with E-state index in [4.69, 9.17) is 21.1 Å². The summed E-state index contributed by atoms with van der Waals surface area (Å²) in [5.74, 6) is 0.628. The Kier molecular flexibility index (Phi) is 5.53.